The lowest BCUT2D eigenvalue weighted by molar-refractivity contribution is -0.142. The Morgan fingerprint density at radius 2 is 2.04 bits per heavy atom. The van der Waals surface area contributed by atoms with Crippen LogP contribution in [0, 0.1) is 0 Å². The molecule has 1 aromatic heterocycles. The van der Waals surface area contributed by atoms with E-state index in [9.17, 15) is 13.2 Å². The van der Waals surface area contributed by atoms with Gasteiger partial charge in [0.15, 0.2) is 0 Å². The van der Waals surface area contributed by atoms with Crippen LogP contribution in [0.25, 0.3) is 0 Å². The van der Waals surface area contributed by atoms with Crippen LogP contribution < -0.4 is 0 Å². The zero-order valence-corrected chi connectivity index (χ0v) is 14.9. The molecule has 0 saturated carbocycles. The van der Waals surface area contributed by atoms with E-state index < -0.39 is 10.0 Å². The normalized spacial score (nSPS) is 23.3. The lowest BCUT2D eigenvalue weighted by Gasteiger charge is -2.34. The van der Waals surface area contributed by atoms with E-state index in [-0.39, 0.29) is 12.0 Å². The Hall–Kier alpha value is -0.960. The van der Waals surface area contributed by atoms with Crippen LogP contribution in [0.2, 0.25) is 0 Å². The number of hydrogen-bond acceptors (Lipinski definition) is 5. The number of thiophene rings is 1. The lowest BCUT2D eigenvalue weighted by Crippen LogP contribution is -2.52. The Balaban J connectivity index is 1.62. The van der Waals surface area contributed by atoms with Crippen LogP contribution in [-0.4, -0.2) is 62.4 Å². The summed E-state index contributed by atoms with van der Waals surface area (Å²) in [6.07, 6.45) is 2.20. The molecule has 0 aliphatic carbocycles. The lowest BCUT2D eigenvalue weighted by atomic mass is 10.2. The number of ether oxygens (including phenoxy) is 1. The number of nitrogens with zero attached hydrogens (tertiary/aromatic N) is 2. The number of piperazine rings is 1. The number of carbonyl (C=O) groups is 1. The van der Waals surface area contributed by atoms with Gasteiger partial charge in [-0.25, -0.2) is 8.42 Å². The first-order valence-corrected chi connectivity index (χ1v) is 10.3. The van der Waals surface area contributed by atoms with Crippen LogP contribution in [0.3, 0.4) is 0 Å². The summed E-state index contributed by atoms with van der Waals surface area (Å²) in [6.45, 7) is 4.22. The van der Waals surface area contributed by atoms with Gasteiger partial charge in [-0.15, -0.1) is 11.3 Å². The van der Waals surface area contributed by atoms with Crippen molar-refractivity contribution in [3.8, 4) is 0 Å². The van der Waals surface area contributed by atoms with Crippen LogP contribution in [0.5, 0.6) is 0 Å². The Kier molecular flexibility index (Phi) is 5.05. The first-order valence-electron chi connectivity index (χ1n) is 8.01. The minimum Gasteiger partial charge on any atom is -0.368 e. The first-order chi connectivity index (χ1) is 11.0. The summed E-state index contributed by atoms with van der Waals surface area (Å²) < 4.78 is 32.6. The number of hydrogen-bond donors (Lipinski definition) is 0. The van der Waals surface area contributed by atoms with Crippen molar-refractivity contribution in [2.45, 2.75) is 36.5 Å². The molecule has 2 aliphatic rings. The maximum Gasteiger partial charge on any atom is 0.252 e. The van der Waals surface area contributed by atoms with E-state index in [0.29, 0.717) is 37.0 Å². The summed E-state index contributed by atoms with van der Waals surface area (Å²) in [4.78, 5) is 15.1. The van der Waals surface area contributed by atoms with Crippen molar-refractivity contribution in [1.29, 1.82) is 0 Å². The average Bonchev–Trinajstić information content (AvgIpc) is 3.25. The Bertz CT molecular complexity index is 657. The SMILES string of the molecule is CCc1ccc(S(=O)(=O)N2CCN(C(=O)C3CCCO3)CC2)s1. The fourth-order valence-electron chi connectivity index (χ4n) is 2.94. The van der Waals surface area contributed by atoms with E-state index in [2.05, 4.69) is 0 Å². The molecule has 3 rings (SSSR count). The van der Waals surface area contributed by atoms with Gasteiger partial charge in [0.25, 0.3) is 15.9 Å². The van der Waals surface area contributed by atoms with Crippen LogP contribution >= 0.6 is 11.3 Å². The Morgan fingerprint density at radius 3 is 2.61 bits per heavy atom. The van der Waals surface area contributed by atoms with E-state index >= 15 is 0 Å². The monoisotopic (exact) mass is 358 g/mol. The van der Waals surface area contributed by atoms with Gasteiger partial charge in [0.05, 0.1) is 0 Å². The molecule has 23 heavy (non-hydrogen) atoms. The van der Waals surface area contributed by atoms with Crippen molar-refractivity contribution in [2.24, 2.45) is 0 Å². The average molecular weight is 358 g/mol. The smallest absolute Gasteiger partial charge is 0.252 e. The fourth-order valence-corrected chi connectivity index (χ4v) is 5.81. The molecular formula is C15H22N2O4S2. The highest BCUT2D eigenvalue weighted by Gasteiger charge is 2.34. The maximum atomic E-state index is 12.7. The summed E-state index contributed by atoms with van der Waals surface area (Å²) in [5, 5.41) is 0. The summed E-state index contributed by atoms with van der Waals surface area (Å²) in [5.41, 5.74) is 0. The van der Waals surface area contributed by atoms with E-state index in [1.165, 1.54) is 15.6 Å². The molecule has 1 unspecified atom stereocenters. The van der Waals surface area contributed by atoms with Gasteiger partial charge < -0.3 is 9.64 Å². The topological polar surface area (TPSA) is 66.9 Å². The standard InChI is InChI=1S/C15H22N2O4S2/c1-2-12-5-6-14(22-12)23(19,20)17-9-7-16(8-10-17)15(18)13-4-3-11-21-13/h5-6,13H,2-4,7-11H2,1H3. The van der Waals surface area contributed by atoms with Crippen molar-refractivity contribution in [1.82, 2.24) is 9.21 Å². The van der Waals surface area contributed by atoms with Gasteiger partial charge in [0.2, 0.25) is 0 Å². The molecule has 0 aromatic carbocycles. The third kappa shape index (κ3) is 3.45. The second-order valence-electron chi connectivity index (χ2n) is 5.81. The molecule has 1 atom stereocenters. The van der Waals surface area contributed by atoms with E-state index in [1.54, 1.807) is 11.0 Å². The summed E-state index contributed by atoms with van der Waals surface area (Å²) >= 11 is 1.33. The van der Waals surface area contributed by atoms with Gasteiger partial charge in [0, 0.05) is 37.7 Å². The number of aryl methyl sites for hydroxylation is 1. The molecule has 0 spiro atoms. The molecule has 0 bridgehead atoms. The highest BCUT2D eigenvalue weighted by molar-refractivity contribution is 7.91. The van der Waals surface area contributed by atoms with E-state index in [0.717, 1.165) is 24.1 Å². The van der Waals surface area contributed by atoms with Crippen LogP contribution in [0.4, 0.5) is 0 Å². The van der Waals surface area contributed by atoms with Gasteiger partial charge in [-0.3, -0.25) is 4.79 Å². The molecule has 2 fully saturated rings. The van der Waals surface area contributed by atoms with Crippen molar-refractivity contribution in [2.75, 3.05) is 32.8 Å². The van der Waals surface area contributed by atoms with E-state index in [1.807, 2.05) is 13.0 Å². The molecule has 1 amide bonds. The minimum absolute atomic E-state index is 0.00365. The molecule has 3 heterocycles. The van der Waals surface area contributed by atoms with Gasteiger partial charge >= 0.3 is 0 Å². The van der Waals surface area contributed by atoms with Crippen LogP contribution in [-0.2, 0) is 26.0 Å². The summed E-state index contributed by atoms with van der Waals surface area (Å²) in [5.74, 6) is 0.00365. The predicted octanol–water partition coefficient (Wildman–Crippen LogP) is 1.32. The summed E-state index contributed by atoms with van der Waals surface area (Å²) in [6, 6.07) is 3.55. The van der Waals surface area contributed by atoms with Gasteiger partial charge in [-0.05, 0) is 31.4 Å². The highest BCUT2D eigenvalue weighted by Crippen LogP contribution is 2.26. The Labute approximate surface area is 141 Å². The molecule has 2 aliphatic heterocycles. The minimum atomic E-state index is -3.44. The van der Waals surface area contributed by atoms with Crippen LogP contribution in [0.1, 0.15) is 24.6 Å². The van der Waals surface area contributed by atoms with Gasteiger partial charge in [-0.2, -0.15) is 4.31 Å². The third-order valence-electron chi connectivity index (χ3n) is 4.34. The largest absolute Gasteiger partial charge is 0.368 e. The molecular weight excluding hydrogens is 336 g/mol. The first kappa shape index (κ1) is 16.9. The number of sulfonamides is 1. The zero-order chi connectivity index (χ0) is 16.4. The van der Waals surface area contributed by atoms with Crippen molar-refractivity contribution in [3.63, 3.8) is 0 Å². The number of carbonyl (C=O) groups excluding carboxylic acids is 1. The molecule has 0 N–H and O–H groups in total. The third-order valence-corrected chi connectivity index (χ3v) is 7.93. The molecule has 2 saturated heterocycles. The predicted molar refractivity (Wildman–Crippen MR) is 88.0 cm³/mol. The molecule has 0 radical (unpaired) electrons. The van der Waals surface area contributed by atoms with Gasteiger partial charge in [0.1, 0.15) is 10.3 Å². The van der Waals surface area contributed by atoms with E-state index in [4.69, 9.17) is 4.74 Å². The van der Waals surface area contributed by atoms with Gasteiger partial charge in [-0.1, -0.05) is 6.92 Å². The summed E-state index contributed by atoms with van der Waals surface area (Å²) in [7, 11) is -3.44. The quantitative estimate of drug-likeness (QED) is 0.814. The number of amides is 1. The molecule has 1 aromatic rings. The molecule has 8 heteroatoms. The highest BCUT2D eigenvalue weighted by atomic mass is 32.2. The van der Waals surface area contributed by atoms with Crippen molar-refractivity contribution < 1.29 is 17.9 Å². The molecule has 6 nitrogen and oxygen atoms in total. The fraction of sp³-hybridized carbons (Fsp3) is 0.667. The van der Waals surface area contributed by atoms with Crippen LogP contribution in [0.15, 0.2) is 16.3 Å². The number of rotatable bonds is 4. The zero-order valence-electron chi connectivity index (χ0n) is 13.2. The molecule has 128 valence electrons. The van der Waals surface area contributed by atoms with Crippen molar-refractivity contribution in [3.05, 3.63) is 17.0 Å². The Morgan fingerprint density at radius 1 is 1.30 bits per heavy atom. The second kappa shape index (κ2) is 6.88. The maximum absolute atomic E-state index is 12.7. The van der Waals surface area contributed by atoms with Crippen molar-refractivity contribution >= 4 is 27.3 Å². The second-order valence-corrected chi connectivity index (χ2v) is 9.14.